The van der Waals surface area contributed by atoms with Crippen molar-refractivity contribution in [1.82, 2.24) is 5.32 Å². The monoisotopic (exact) mass is 157 g/mol. The molecule has 1 saturated carbocycles. The molecular weight excluding hydrogens is 138 g/mol. The number of rotatable bonds is 2. The van der Waals surface area contributed by atoms with Crippen LogP contribution in [0.1, 0.15) is 32.6 Å². The first-order valence-electron chi connectivity index (χ1n) is 4.59. The molecule has 2 heteroatoms. The predicted molar refractivity (Wildman–Crippen MR) is 46.5 cm³/mol. The second-order valence-electron chi connectivity index (χ2n) is 3.66. The summed E-state index contributed by atoms with van der Waals surface area (Å²) in [7, 11) is 1.99. The number of aliphatic hydroxyl groups excluding tert-OH is 1. The van der Waals surface area contributed by atoms with E-state index >= 15 is 0 Å². The molecule has 0 aromatic carbocycles. The van der Waals surface area contributed by atoms with Gasteiger partial charge in [-0.15, -0.1) is 0 Å². The first-order chi connectivity index (χ1) is 5.24. The van der Waals surface area contributed by atoms with E-state index in [1.165, 1.54) is 12.8 Å². The van der Waals surface area contributed by atoms with E-state index in [1.807, 2.05) is 7.05 Å². The summed E-state index contributed by atoms with van der Waals surface area (Å²) in [6.07, 6.45) is 4.43. The number of nitrogens with one attached hydrogen (secondary N) is 1. The third kappa shape index (κ3) is 2.46. The van der Waals surface area contributed by atoms with E-state index in [0.29, 0.717) is 12.0 Å². The summed E-state index contributed by atoms with van der Waals surface area (Å²) in [6, 6.07) is 0.560. The zero-order valence-corrected chi connectivity index (χ0v) is 7.51. The van der Waals surface area contributed by atoms with Crippen LogP contribution in [0.3, 0.4) is 0 Å². The van der Waals surface area contributed by atoms with E-state index < -0.39 is 0 Å². The summed E-state index contributed by atoms with van der Waals surface area (Å²) < 4.78 is 0. The molecule has 2 N–H and O–H groups in total. The zero-order valence-electron chi connectivity index (χ0n) is 7.51. The molecular formula is C9H19NO. The van der Waals surface area contributed by atoms with Gasteiger partial charge in [-0.3, -0.25) is 0 Å². The Morgan fingerprint density at radius 3 is 2.73 bits per heavy atom. The van der Waals surface area contributed by atoms with Crippen molar-refractivity contribution in [3.63, 3.8) is 0 Å². The first kappa shape index (κ1) is 9.01. The Bertz CT molecular complexity index is 116. The molecule has 0 aromatic rings. The Balaban J connectivity index is 2.33. The topological polar surface area (TPSA) is 32.3 Å². The zero-order chi connectivity index (χ0) is 8.27. The van der Waals surface area contributed by atoms with Gasteiger partial charge >= 0.3 is 0 Å². The van der Waals surface area contributed by atoms with Crippen LogP contribution in [0.5, 0.6) is 0 Å². The summed E-state index contributed by atoms with van der Waals surface area (Å²) in [5.41, 5.74) is 0. The highest BCUT2D eigenvalue weighted by atomic mass is 16.3. The van der Waals surface area contributed by atoms with Gasteiger partial charge in [0.05, 0.1) is 6.10 Å². The third-order valence-electron chi connectivity index (χ3n) is 2.85. The van der Waals surface area contributed by atoms with Gasteiger partial charge in [0.15, 0.2) is 0 Å². The molecule has 1 rings (SSSR count). The summed E-state index contributed by atoms with van der Waals surface area (Å²) in [6.45, 7) is 2.20. The lowest BCUT2D eigenvalue weighted by Crippen LogP contribution is -2.35. The van der Waals surface area contributed by atoms with Crippen molar-refractivity contribution in [3.05, 3.63) is 0 Å². The Hall–Kier alpha value is -0.0800. The molecule has 0 bridgehead atoms. The normalized spacial score (nSPS) is 35.2. The molecule has 66 valence electrons. The van der Waals surface area contributed by atoms with Crippen molar-refractivity contribution in [1.29, 1.82) is 0 Å². The maximum Gasteiger partial charge on any atom is 0.0543 e. The van der Waals surface area contributed by atoms with Gasteiger partial charge < -0.3 is 10.4 Å². The second-order valence-corrected chi connectivity index (χ2v) is 3.66. The SMILES string of the molecule is CNC(C)C1CCC[C@H](O)C1. The molecule has 1 fully saturated rings. The summed E-state index contributed by atoms with van der Waals surface area (Å²) in [4.78, 5) is 0. The molecule has 0 heterocycles. The van der Waals surface area contributed by atoms with Crippen LogP contribution in [0.4, 0.5) is 0 Å². The molecule has 0 radical (unpaired) electrons. The molecule has 0 aliphatic heterocycles. The van der Waals surface area contributed by atoms with Crippen LogP contribution in [-0.2, 0) is 0 Å². The standard InChI is InChI=1S/C9H19NO/c1-7(10-2)8-4-3-5-9(11)6-8/h7-11H,3-6H2,1-2H3/t7?,8?,9-/m0/s1. The molecule has 2 nitrogen and oxygen atoms in total. The van der Waals surface area contributed by atoms with Crippen LogP contribution in [0.15, 0.2) is 0 Å². The predicted octanol–water partition coefficient (Wildman–Crippen LogP) is 1.15. The van der Waals surface area contributed by atoms with E-state index in [9.17, 15) is 5.11 Å². The molecule has 11 heavy (non-hydrogen) atoms. The quantitative estimate of drug-likeness (QED) is 0.630. The van der Waals surface area contributed by atoms with E-state index in [4.69, 9.17) is 0 Å². The van der Waals surface area contributed by atoms with Gasteiger partial charge in [-0.1, -0.05) is 6.42 Å². The summed E-state index contributed by atoms with van der Waals surface area (Å²) in [5.74, 6) is 0.684. The minimum absolute atomic E-state index is 0.0375. The highest BCUT2D eigenvalue weighted by Gasteiger charge is 2.23. The van der Waals surface area contributed by atoms with E-state index in [2.05, 4.69) is 12.2 Å². The maximum absolute atomic E-state index is 9.40. The van der Waals surface area contributed by atoms with Gasteiger partial charge in [0.1, 0.15) is 0 Å². The minimum atomic E-state index is -0.0375. The average molecular weight is 157 g/mol. The first-order valence-corrected chi connectivity index (χ1v) is 4.59. The fraction of sp³-hybridized carbons (Fsp3) is 1.00. The molecule has 0 aromatic heterocycles. The molecule has 2 unspecified atom stereocenters. The summed E-state index contributed by atoms with van der Waals surface area (Å²) >= 11 is 0. The fourth-order valence-corrected chi connectivity index (χ4v) is 1.89. The lowest BCUT2D eigenvalue weighted by atomic mass is 9.83. The third-order valence-corrected chi connectivity index (χ3v) is 2.85. The number of aliphatic hydroxyl groups is 1. The fourth-order valence-electron chi connectivity index (χ4n) is 1.89. The van der Waals surface area contributed by atoms with E-state index in [1.54, 1.807) is 0 Å². The van der Waals surface area contributed by atoms with E-state index in [0.717, 1.165) is 12.8 Å². The van der Waals surface area contributed by atoms with Crippen LogP contribution in [0, 0.1) is 5.92 Å². The molecule has 1 aliphatic rings. The van der Waals surface area contributed by atoms with Gasteiger partial charge in [0.25, 0.3) is 0 Å². The lowest BCUT2D eigenvalue weighted by molar-refractivity contribution is 0.0906. The van der Waals surface area contributed by atoms with Gasteiger partial charge in [0, 0.05) is 6.04 Å². The largest absolute Gasteiger partial charge is 0.393 e. The van der Waals surface area contributed by atoms with Gasteiger partial charge in [0.2, 0.25) is 0 Å². The average Bonchev–Trinajstić information content (AvgIpc) is 2.03. The maximum atomic E-state index is 9.40. The number of hydrogen-bond donors (Lipinski definition) is 2. The molecule has 1 aliphatic carbocycles. The van der Waals surface area contributed by atoms with Gasteiger partial charge in [-0.25, -0.2) is 0 Å². The lowest BCUT2D eigenvalue weighted by Gasteiger charge is -2.30. The van der Waals surface area contributed by atoms with Crippen LogP contribution in [-0.4, -0.2) is 24.3 Å². The van der Waals surface area contributed by atoms with Crippen molar-refractivity contribution in [2.75, 3.05) is 7.05 Å². The Morgan fingerprint density at radius 2 is 2.18 bits per heavy atom. The number of hydrogen-bond acceptors (Lipinski definition) is 2. The van der Waals surface area contributed by atoms with Crippen molar-refractivity contribution >= 4 is 0 Å². The van der Waals surface area contributed by atoms with Crippen LogP contribution >= 0.6 is 0 Å². The summed E-state index contributed by atoms with van der Waals surface area (Å²) in [5, 5.41) is 12.6. The van der Waals surface area contributed by atoms with Crippen molar-refractivity contribution in [3.8, 4) is 0 Å². The molecule has 0 saturated heterocycles. The van der Waals surface area contributed by atoms with Crippen LogP contribution in [0.25, 0.3) is 0 Å². The van der Waals surface area contributed by atoms with Crippen molar-refractivity contribution < 1.29 is 5.11 Å². The Kier molecular flexibility index (Phi) is 3.34. The van der Waals surface area contributed by atoms with Gasteiger partial charge in [-0.2, -0.15) is 0 Å². The highest BCUT2D eigenvalue weighted by Crippen LogP contribution is 2.26. The van der Waals surface area contributed by atoms with Crippen molar-refractivity contribution in [2.24, 2.45) is 5.92 Å². The molecule has 0 spiro atoms. The minimum Gasteiger partial charge on any atom is -0.393 e. The highest BCUT2D eigenvalue weighted by molar-refractivity contribution is 4.78. The molecule has 0 amide bonds. The van der Waals surface area contributed by atoms with E-state index in [-0.39, 0.29) is 6.10 Å². The second kappa shape index (κ2) is 4.07. The Labute approximate surface area is 69.0 Å². The smallest absolute Gasteiger partial charge is 0.0543 e. The molecule has 3 atom stereocenters. The Morgan fingerprint density at radius 1 is 1.45 bits per heavy atom. The van der Waals surface area contributed by atoms with Crippen molar-refractivity contribution in [2.45, 2.75) is 44.8 Å². The van der Waals surface area contributed by atoms with Crippen LogP contribution < -0.4 is 5.32 Å². The van der Waals surface area contributed by atoms with Crippen LogP contribution in [0.2, 0.25) is 0 Å². The van der Waals surface area contributed by atoms with Gasteiger partial charge in [-0.05, 0) is 39.2 Å².